The Bertz CT molecular complexity index is 455. The van der Waals surface area contributed by atoms with E-state index in [0.29, 0.717) is 18.2 Å². The number of carbonyl (C=O) groups excluding carboxylic acids is 1. The van der Waals surface area contributed by atoms with E-state index < -0.39 is 0 Å². The summed E-state index contributed by atoms with van der Waals surface area (Å²) in [5, 5.41) is 14.8. The van der Waals surface area contributed by atoms with Crippen molar-refractivity contribution in [1.82, 2.24) is 5.32 Å². The lowest BCUT2D eigenvalue weighted by Gasteiger charge is -2.22. The fourth-order valence-electron chi connectivity index (χ4n) is 2.38. The molecule has 0 unspecified atom stereocenters. The molecule has 1 fully saturated rings. The molecule has 0 heterocycles. The van der Waals surface area contributed by atoms with Gasteiger partial charge >= 0.3 is 0 Å². The lowest BCUT2D eigenvalue weighted by molar-refractivity contribution is -0.115. The van der Waals surface area contributed by atoms with Crippen molar-refractivity contribution in [2.45, 2.75) is 38.1 Å². The molecular formula is C15H19N3O. The lowest BCUT2D eigenvalue weighted by atomic mass is 9.95. The Labute approximate surface area is 113 Å². The number of benzene rings is 1. The largest absolute Gasteiger partial charge is 0.325 e. The van der Waals surface area contributed by atoms with Gasteiger partial charge in [0.15, 0.2) is 0 Å². The third-order valence-electron chi connectivity index (χ3n) is 3.45. The number of amides is 1. The molecule has 0 aromatic heterocycles. The molecule has 4 heteroatoms. The zero-order valence-electron chi connectivity index (χ0n) is 11.0. The highest BCUT2D eigenvalue weighted by Gasteiger charge is 2.13. The average Bonchev–Trinajstić information content (AvgIpc) is 2.47. The summed E-state index contributed by atoms with van der Waals surface area (Å²) < 4.78 is 0. The molecule has 1 amide bonds. The molecule has 0 saturated heterocycles. The molecule has 1 aromatic carbocycles. The highest BCUT2D eigenvalue weighted by Crippen LogP contribution is 2.17. The maximum absolute atomic E-state index is 11.8. The smallest absolute Gasteiger partial charge is 0.238 e. The van der Waals surface area contributed by atoms with E-state index in [-0.39, 0.29) is 5.91 Å². The van der Waals surface area contributed by atoms with E-state index in [1.54, 1.807) is 24.3 Å². The van der Waals surface area contributed by atoms with Crippen molar-refractivity contribution in [1.29, 1.82) is 5.26 Å². The second kappa shape index (κ2) is 6.91. The van der Waals surface area contributed by atoms with Gasteiger partial charge in [0.1, 0.15) is 0 Å². The molecule has 0 radical (unpaired) electrons. The summed E-state index contributed by atoms with van der Waals surface area (Å²) in [6.45, 7) is 0.352. The number of nitrogens with zero attached hydrogens (tertiary/aromatic N) is 1. The summed E-state index contributed by atoms with van der Waals surface area (Å²) >= 11 is 0. The lowest BCUT2D eigenvalue weighted by Crippen LogP contribution is -2.37. The molecule has 0 atom stereocenters. The second-order valence-corrected chi connectivity index (χ2v) is 4.95. The van der Waals surface area contributed by atoms with Gasteiger partial charge in [0.2, 0.25) is 5.91 Å². The van der Waals surface area contributed by atoms with Gasteiger partial charge in [-0.05, 0) is 37.1 Å². The molecule has 1 aliphatic carbocycles. The van der Waals surface area contributed by atoms with Crippen LogP contribution in [0.15, 0.2) is 24.3 Å². The van der Waals surface area contributed by atoms with Crippen LogP contribution in [0.2, 0.25) is 0 Å². The molecule has 1 saturated carbocycles. The summed E-state index contributed by atoms with van der Waals surface area (Å²) in [6.07, 6.45) is 6.17. The summed E-state index contributed by atoms with van der Waals surface area (Å²) in [5.74, 6) is -0.0321. The Hall–Kier alpha value is -1.86. The van der Waals surface area contributed by atoms with E-state index >= 15 is 0 Å². The molecule has 0 spiro atoms. The summed E-state index contributed by atoms with van der Waals surface area (Å²) in [5.41, 5.74) is 1.33. The first-order valence-electron chi connectivity index (χ1n) is 6.81. The molecule has 2 rings (SSSR count). The van der Waals surface area contributed by atoms with Crippen LogP contribution in [0.1, 0.15) is 37.7 Å². The van der Waals surface area contributed by atoms with Crippen LogP contribution in [0.5, 0.6) is 0 Å². The van der Waals surface area contributed by atoms with Crippen molar-refractivity contribution < 1.29 is 4.79 Å². The fourth-order valence-corrected chi connectivity index (χ4v) is 2.38. The van der Waals surface area contributed by atoms with Crippen molar-refractivity contribution in [3.05, 3.63) is 29.8 Å². The van der Waals surface area contributed by atoms with Gasteiger partial charge in [0, 0.05) is 11.7 Å². The van der Waals surface area contributed by atoms with Crippen LogP contribution in [0.3, 0.4) is 0 Å². The van der Waals surface area contributed by atoms with Crippen LogP contribution in [-0.4, -0.2) is 18.5 Å². The Balaban J connectivity index is 1.75. The molecule has 1 aromatic rings. The molecule has 2 N–H and O–H groups in total. The van der Waals surface area contributed by atoms with E-state index in [1.807, 2.05) is 0 Å². The van der Waals surface area contributed by atoms with Gasteiger partial charge in [0.05, 0.1) is 18.2 Å². The monoisotopic (exact) mass is 257 g/mol. The zero-order chi connectivity index (χ0) is 13.5. The van der Waals surface area contributed by atoms with E-state index in [0.717, 1.165) is 5.69 Å². The van der Waals surface area contributed by atoms with E-state index in [1.165, 1.54) is 32.1 Å². The van der Waals surface area contributed by atoms with Gasteiger partial charge in [-0.25, -0.2) is 0 Å². The number of nitrogens with one attached hydrogen (secondary N) is 2. The van der Waals surface area contributed by atoms with Gasteiger partial charge in [0.25, 0.3) is 0 Å². The predicted octanol–water partition coefficient (Wildman–Crippen LogP) is 2.42. The maximum Gasteiger partial charge on any atom is 0.238 e. The molecule has 100 valence electrons. The van der Waals surface area contributed by atoms with Crippen LogP contribution in [0, 0.1) is 11.3 Å². The molecule has 1 aliphatic rings. The van der Waals surface area contributed by atoms with Crippen molar-refractivity contribution in [3.8, 4) is 6.07 Å². The van der Waals surface area contributed by atoms with Gasteiger partial charge < -0.3 is 10.6 Å². The summed E-state index contributed by atoms with van der Waals surface area (Å²) in [6, 6.07) is 9.43. The van der Waals surface area contributed by atoms with E-state index in [2.05, 4.69) is 16.7 Å². The Morgan fingerprint density at radius 1 is 1.21 bits per heavy atom. The van der Waals surface area contributed by atoms with Crippen molar-refractivity contribution >= 4 is 11.6 Å². The number of nitriles is 1. The highest BCUT2D eigenvalue weighted by molar-refractivity contribution is 5.92. The molecular weight excluding hydrogens is 238 g/mol. The quantitative estimate of drug-likeness (QED) is 0.870. The predicted molar refractivity (Wildman–Crippen MR) is 74.7 cm³/mol. The van der Waals surface area contributed by atoms with E-state index in [4.69, 9.17) is 5.26 Å². The number of hydrogen-bond acceptors (Lipinski definition) is 3. The van der Waals surface area contributed by atoms with Crippen LogP contribution in [0.4, 0.5) is 5.69 Å². The number of carbonyl (C=O) groups is 1. The van der Waals surface area contributed by atoms with Crippen molar-refractivity contribution in [3.63, 3.8) is 0 Å². The second-order valence-electron chi connectivity index (χ2n) is 4.95. The Morgan fingerprint density at radius 2 is 1.89 bits per heavy atom. The van der Waals surface area contributed by atoms with Crippen LogP contribution >= 0.6 is 0 Å². The van der Waals surface area contributed by atoms with Crippen molar-refractivity contribution in [2.75, 3.05) is 11.9 Å². The minimum atomic E-state index is -0.0321. The number of hydrogen-bond donors (Lipinski definition) is 2. The Kier molecular flexibility index (Phi) is 4.93. The first kappa shape index (κ1) is 13.6. The van der Waals surface area contributed by atoms with Crippen molar-refractivity contribution in [2.24, 2.45) is 0 Å². The van der Waals surface area contributed by atoms with Gasteiger partial charge in [-0.15, -0.1) is 0 Å². The van der Waals surface area contributed by atoms with Gasteiger partial charge in [-0.3, -0.25) is 4.79 Å². The molecule has 19 heavy (non-hydrogen) atoms. The zero-order valence-corrected chi connectivity index (χ0v) is 11.0. The van der Waals surface area contributed by atoms with Crippen LogP contribution < -0.4 is 10.6 Å². The fraction of sp³-hybridized carbons (Fsp3) is 0.467. The first-order valence-corrected chi connectivity index (χ1v) is 6.81. The SMILES string of the molecule is N#Cc1ccc(NC(=O)CNC2CCCCC2)cc1. The molecule has 0 aliphatic heterocycles. The normalized spacial score (nSPS) is 15.7. The van der Waals surface area contributed by atoms with Gasteiger partial charge in [-0.2, -0.15) is 5.26 Å². The Morgan fingerprint density at radius 3 is 2.53 bits per heavy atom. The van der Waals surface area contributed by atoms with Gasteiger partial charge in [-0.1, -0.05) is 19.3 Å². The van der Waals surface area contributed by atoms with Crippen LogP contribution in [0.25, 0.3) is 0 Å². The van der Waals surface area contributed by atoms with E-state index in [9.17, 15) is 4.79 Å². The third-order valence-corrected chi connectivity index (χ3v) is 3.45. The molecule has 0 bridgehead atoms. The average molecular weight is 257 g/mol. The minimum Gasteiger partial charge on any atom is -0.325 e. The molecule has 4 nitrogen and oxygen atoms in total. The standard InChI is InChI=1S/C15H19N3O/c16-10-12-6-8-14(9-7-12)18-15(19)11-17-13-4-2-1-3-5-13/h6-9,13,17H,1-5,11H2,(H,18,19). The maximum atomic E-state index is 11.8. The topological polar surface area (TPSA) is 64.9 Å². The number of rotatable bonds is 4. The minimum absolute atomic E-state index is 0.0321. The van der Waals surface area contributed by atoms with Crippen LogP contribution in [-0.2, 0) is 4.79 Å². The summed E-state index contributed by atoms with van der Waals surface area (Å²) in [4.78, 5) is 11.8. The third kappa shape index (κ3) is 4.38. The summed E-state index contributed by atoms with van der Waals surface area (Å²) in [7, 11) is 0. The number of anilines is 1. The highest BCUT2D eigenvalue weighted by atomic mass is 16.1. The first-order chi connectivity index (χ1) is 9.28.